The summed E-state index contributed by atoms with van der Waals surface area (Å²) in [6.07, 6.45) is 24.4. The third-order valence-electron chi connectivity index (χ3n) is 9.95. The second-order valence-electron chi connectivity index (χ2n) is 12.0. The van der Waals surface area contributed by atoms with Gasteiger partial charge in [0.15, 0.2) is 0 Å². The van der Waals surface area contributed by atoms with E-state index in [0.717, 1.165) is 41.2 Å². The quantitative estimate of drug-likeness (QED) is 0.205. The third-order valence-corrected chi connectivity index (χ3v) is 9.95. The molecule has 4 rings (SSSR count). The minimum Gasteiger partial charge on any atom is -0.370 e. The predicted molar refractivity (Wildman–Crippen MR) is 146 cm³/mol. The van der Waals surface area contributed by atoms with Gasteiger partial charge in [0, 0.05) is 5.69 Å². The fourth-order valence-corrected chi connectivity index (χ4v) is 7.72. The second-order valence-corrected chi connectivity index (χ2v) is 12.0. The van der Waals surface area contributed by atoms with Gasteiger partial charge in [-0.3, -0.25) is 0 Å². The first-order chi connectivity index (χ1) is 16.7. The van der Waals surface area contributed by atoms with Crippen LogP contribution in [0.5, 0.6) is 0 Å². The standard InChI is InChI=1S/C32H51NO/c1-3-5-6-7-24-8-10-25(11-9-24)26-12-14-27(15-13-26)28-16-18-29(19-17-28)30-20-22-31(23-21-30)33-32(34)4-2/h4,20-29,32-34H,2-3,5-19H2,1H3. The largest absolute Gasteiger partial charge is 0.370 e. The fraction of sp³-hybridized carbons (Fsp3) is 0.750. The van der Waals surface area contributed by atoms with Crippen LogP contribution in [0, 0.1) is 29.6 Å². The van der Waals surface area contributed by atoms with Gasteiger partial charge in [0.1, 0.15) is 6.23 Å². The van der Waals surface area contributed by atoms with Gasteiger partial charge in [-0.15, -0.1) is 0 Å². The molecule has 3 aliphatic rings. The van der Waals surface area contributed by atoms with Crippen LogP contribution in [0.3, 0.4) is 0 Å². The van der Waals surface area contributed by atoms with Gasteiger partial charge in [0.2, 0.25) is 0 Å². The van der Waals surface area contributed by atoms with Gasteiger partial charge < -0.3 is 10.4 Å². The molecule has 1 aromatic rings. The van der Waals surface area contributed by atoms with Crippen molar-refractivity contribution < 1.29 is 5.11 Å². The Morgan fingerprint density at radius 3 is 1.79 bits per heavy atom. The molecule has 2 heteroatoms. The van der Waals surface area contributed by atoms with Crippen LogP contribution in [0.2, 0.25) is 0 Å². The number of hydrogen-bond donors (Lipinski definition) is 2. The zero-order chi connectivity index (χ0) is 23.8. The lowest BCUT2D eigenvalue weighted by molar-refractivity contribution is 0.108. The topological polar surface area (TPSA) is 32.3 Å². The summed E-state index contributed by atoms with van der Waals surface area (Å²) in [5.41, 5.74) is 2.44. The smallest absolute Gasteiger partial charge is 0.143 e. The maximum Gasteiger partial charge on any atom is 0.143 e. The Morgan fingerprint density at radius 2 is 1.29 bits per heavy atom. The van der Waals surface area contributed by atoms with Crippen LogP contribution in [0.15, 0.2) is 36.9 Å². The molecule has 190 valence electrons. The summed E-state index contributed by atoms with van der Waals surface area (Å²) in [5, 5.41) is 12.7. The van der Waals surface area contributed by atoms with Crippen molar-refractivity contribution in [2.24, 2.45) is 29.6 Å². The van der Waals surface area contributed by atoms with E-state index in [2.05, 4.69) is 43.1 Å². The molecule has 0 amide bonds. The van der Waals surface area contributed by atoms with Crippen molar-refractivity contribution >= 4 is 5.69 Å². The van der Waals surface area contributed by atoms with Crippen LogP contribution in [0.1, 0.15) is 121 Å². The highest BCUT2D eigenvalue weighted by atomic mass is 16.3. The molecule has 0 heterocycles. The molecule has 3 fully saturated rings. The van der Waals surface area contributed by atoms with E-state index in [1.165, 1.54) is 114 Å². The normalized spacial score (nSPS) is 33.2. The SMILES string of the molecule is C=CC(O)Nc1ccc(C2CCC(C3CCC(C4CCC(CCCCC)CC4)CC3)CC2)cc1. The maximum absolute atomic E-state index is 9.69. The molecule has 1 aromatic carbocycles. The maximum atomic E-state index is 9.69. The monoisotopic (exact) mass is 465 g/mol. The van der Waals surface area contributed by atoms with Gasteiger partial charge in [0.05, 0.1) is 0 Å². The molecule has 0 aromatic heterocycles. The Hall–Kier alpha value is -1.28. The van der Waals surface area contributed by atoms with Crippen molar-refractivity contribution in [3.63, 3.8) is 0 Å². The highest BCUT2D eigenvalue weighted by Crippen LogP contribution is 2.47. The minimum absolute atomic E-state index is 0.679. The molecular formula is C32H51NO. The average Bonchev–Trinajstić information content (AvgIpc) is 2.90. The van der Waals surface area contributed by atoms with Crippen LogP contribution in [0.25, 0.3) is 0 Å². The molecule has 3 saturated carbocycles. The number of anilines is 1. The Balaban J connectivity index is 1.15. The number of aliphatic hydroxyl groups is 1. The summed E-state index contributed by atoms with van der Waals surface area (Å²) in [6.45, 7) is 5.95. The van der Waals surface area contributed by atoms with E-state index >= 15 is 0 Å². The highest BCUT2D eigenvalue weighted by Gasteiger charge is 2.34. The molecule has 3 aliphatic carbocycles. The molecule has 0 spiro atoms. The summed E-state index contributed by atoms with van der Waals surface area (Å²) < 4.78 is 0. The number of aliphatic hydroxyl groups excluding tert-OH is 1. The van der Waals surface area contributed by atoms with Gasteiger partial charge in [-0.05, 0) is 123 Å². The summed E-state index contributed by atoms with van der Waals surface area (Å²) in [5.74, 6) is 5.88. The second kappa shape index (κ2) is 13.1. The molecule has 0 saturated heterocycles. The van der Waals surface area contributed by atoms with Crippen molar-refractivity contribution in [3.05, 3.63) is 42.5 Å². The van der Waals surface area contributed by atoms with Gasteiger partial charge in [-0.2, -0.15) is 0 Å². The zero-order valence-electron chi connectivity index (χ0n) is 21.9. The van der Waals surface area contributed by atoms with E-state index in [0.29, 0.717) is 0 Å². The van der Waals surface area contributed by atoms with Crippen LogP contribution < -0.4 is 5.32 Å². The molecule has 2 nitrogen and oxygen atoms in total. The lowest BCUT2D eigenvalue weighted by Crippen LogP contribution is -2.29. The highest BCUT2D eigenvalue weighted by molar-refractivity contribution is 5.46. The van der Waals surface area contributed by atoms with E-state index in [-0.39, 0.29) is 0 Å². The Bertz CT molecular complexity index is 703. The molecule has 2 N–H and O–H groups in total. The number of unbranched alkanes of at least 4 members (excludes halogenated alkanes) is 2. The van der Waals surface area contributed by atoms with Crippen molar-refractivity contribution in [1.29, 1.82) is 0 Å². The summed E-state index contributed by atoms with van der Waals surface area (Å²) in [6, 6.07) is 8.72. The lowest BCUT2D eigenvalue weighted by Gasteiger charge is -2.41. The van der Waals surface area contributed by atoms with Crippen LogP contribution in [0.4, 0.5) is 5.69 Å². The van der Waals surface area contributed by atoms with E-state index < -0.39 is 6.23 Å². The van der Waals surface area contributed by atoms with Crippen LogP contribution in [-0.4, -0.2) is 11.3 Å². The van der Waals surface area contributed by atoms with Gasteiger partial charge in [0.25, 0.3) is 0 Å². The molecule has 1 atom stereocenters. The Morgan fingerprint density at radius 1 is 0.794 bits per heavy atom. The van der Waals surface area contributed by atoms with Crippen molar-refractivity contribution in [1.82, 2.24) is 0 Å². The molecule has 0 radical (unpaired) electrons. The molecular weight excluding hydrogens is 414 g/mol. The number of benzene rings is 1. The van der Waals surface area contributed by atoms with E-state index in [9.17, 15) is 5.11 Å². The fourth-order valence-electron chi connectivity index (χ4n) is 7.72. The number of nitrogens with one attached hydrogen (secondary N) is 1. The number of hydrogen-bond acceptors (Lipinski definition) is 2. The zero-order valence-corrected chi connectivity index (χ0v) is 21.9. The van der Waals surface area contributed by atoms with E-state index in [4.69, 9.17) is 0 Å². The molecule has 0 bridgehead atoms. The first-order valence-corrected chi connectivity index (χ1v) is 14.8. The summed E-state index contributed by atoms with van der Waals surface area (Å²) >= 11 is 0. The first kappa shape index (κ1) is 25.8. The van der Waals surface area contributed by atoms with Crippen LogP contribution in [-0.2, 0) is 0 Å². The molecule has 0 aliphatic heterocycles. The third kappa shape index (κ3) is 7.12. The van der Waals surface area contributed by atoms with Gasteiger partial charge in [-0.1, -0.05) is 64.2 Å². The van der Waals surface area contributed by atoms with Crippen molar-refractivity contribution in [2.45, 2.75) is 122 Å². The molecule has 1 unspecified atom stereocenters. The summed E-state index contributed by atoms with van der Waals surface area (Å²) in [7, 11) is 0. The van der Waals surface area contributed by atoms with E-state index in [1.807, 2.05) is 0 Å². The minimum atomic E-state index is -0.679. The van der Waals surface area contributed by atoms with Gasteiger partial charge in [-0.25, -0.2) is 0 Å². The summed E-state index contributed by atoms with van der Waals surface area (Å²) in [4.78, 5) is 0. The number of rotatable bonds is 10. The van der Waals surface area contributed by atoms with Gasteiger partial charge >= 0.3 is 0 Å². The lowest BCUT2D eigenvalue weighted by atomic mass is 9.64. The van der Waals surface area contributed by atoms with Crippen molar-refractivity contribution in [3.8, 4) is 0 Å². The van der Waals surface area contributed by atoms with E-state index in [1.54, 1.807) is 0 Å². The average molecular weight is 466 g/mol. The van der Waals surface area contributed by atoms with Crippen LogP contribution >= 0.6 is 0 Å². The predicted octanol–water partition coefficient (Wildman–Crippen LogP) is 9.07. The first-order valence-electron chi connectivity index (χ1n) is 14.8. The Kier molecular flexibility index (Phi) is 9.98. The van der Waals surface area contributed by atoms with Crippen molar-refractivity contribution in [2.75, 3.05) is 5.32 Å². The molecule has 34 heavy (non-hydrogen) atoms. The Labute approximate surface area is 210 Å².